The Bertz CT molecular complexity index is 190. The normalized spacial score (nSPS) is 8.94. The van der Waals surface area contributed by atoms with E-state index < -0.39 is 0 Å². The first kappa shape index (κ1) is 18.3. The highest BCUT2D eigenvalue weighted by Crippen LogP contribution is 1.90. The first-order valence-electron chi connectivity index (χ1n) is 6.43. The van der Waals surface area contributed by atoms with Crippen molar-refractivity contribution in [3.8, 4) is 0 Å². The Morgan fingerprint density at radius 1 is 0.765 bits per heavy atom. The number of carbonyl (C=O) groups is 2. The van der Waals surface area contributed by atoms with Crippen molar-refractivity contribution in [2.24, 2.45) is 0 Å². The van der Waals surface area contributed by atoms with Crippen molar-refractivity contribution < 1.29 is 19.1 Å². The quantitative estimate of drug-likeness (QED) is 0.511. The molecular weight excluding hydrogens is 220 g/mol. The average Bonchev–Trinajstić information content (AvgIpc) is 2.36. The van der Waals surface area contributed by atoms with E-state index in [1.807, 2.05) is 6.92 Å². The van der Waals surface area contributed by atoms with Crippen LogP contribution in [0.15, 0.2) is 0 Å². The maximum absolute atomic E-state index is 10.5. The topological polar surface area (TPSA) is 52.6 Å². The van der Waals surface area contributed by atoms with Gasteiger partial charge in [0.1, 0.15) is 0 Å². The lowest BCUT2D eigenvalue weighted by Crippen LogP contribution is -2.02. The van der Waals surface area contributed by atoms with Crippen molar-refractivity contribution in [3.63, 3.8) is 0 Å². The van der Waals surface area contributed by atoms with Gasteiger partial charge in [-0.05, 0) is 12.8 Å². The molecule has 0 N–H and O–H groups in total. The minimum Gasteiger partial charge on any atom is -0.466 e. The molecule has 0 aliphatic rings. The molecule has 0 spiro atoms. The molecule has 0 aromatic rings. The monoisotopic (exact) mass is 246 g/mol. The van der Waals surface area contributed by atoms with Crippen molar-refractivity contribution in [1.82, 2.24) is 0 Å². The highest BCUT2D eigenvalue weighted by molar-refractivity contribution is 5.69. The molecule has 0 aliphatic carbocycles. The zero-order valence-corrected chi connectivity index (χ0v) is 11.6. The summed E-state index contributed by atoms with van der Waals surface area (Å²) in [6.07, 6.45) is 3.94. The standard InChI is InChI=1S/C7H14O2.C6H12O2/c1-3-5-6-9-7(8)4-2;1-3-5-8-6(7)4-2/h3-6H2,1-2H3;3-5H2,1-2H3. The fourth-order valence-electron chi connectivity index (χ4n) is 0.750. The molecule has 4 nitrogen and oxygen atoms in total. The predicted octanol–water partition coefficient (Wildman–Crippen LogP) is 3.09. The van der Waals surface area contributed by atoms with Gasteiger partial charge in [-0.15, -0.1) is 0 Å². The Morgan fingerprint density at radius 2 is 1.24 bits per heavy atom. The highest BCUT2D eigenvalue weighted by Gasteiger charge is 1.94. The summed E-state index contributed by atoms with van der Waals surface area (Å²) in [6.45, 7) is 8.78. The number of hydrogen-bond acceptors (Lipinski definition) is 4. The van der Waals surface area contributed by atoms with Crippen LogP contribution in [0, 0.1) is 0 Å². The smallest absolute Gasteiger partial charge is 0.305 e. The van der Waals surface area contributed by atoms with Gasteiger partial charge >= 0.3 is 11.9 Å². The van der Waals surface area contributed by atoms with Crippen LogP contribution >= 0.6 is 0 Å². The third-order valence-corrected chi connectivity index (χ3v) is 1.81. The zero-order chi connectivity index (χ0) is 13.5. The van der Waals surface area contributed by atoms with Crippen LogP contribution in [0.2, 0.25) is 0 Å². The lowest BCUT2D eigenvalue weighted by Gasteiger charge is -1.99. The van der Waals surface area contributed by atoms with Gasteiger partial charge in [0, 0.05) is 12.8 Å². The number of unbranched alkanes of at least 4 members (excludes halogenated alkanes) is 1. The Morgan fingerprint density at radius 3 is 1.59 bits per heavy atom. The molecule has 0 radical (unpaired) electrons. The summed E-state index contributed by atoms with van der Waals surface area (Å²) in [4.78, 5) is 20.8. The van der Waals surface area contributed by atoms with E-state index in [9.17, 15) is 9.59 Å². The van der Waals surface area contributed by atoms with Crippen LogP contribution in [-0.4, -0.2) is 25.2 Å². The SMILES string of the molecule is CCCCOC(=O)CC.CCCOC(=O)CC. The van der Waals surface area contributed by atoms with Crippen molar-refractivity contribution in [2.75, 3.05) is 13.2 Å². The van der Waals surface area contributed by atoms with Crippen LogP contribution in [-0.2, 0) is 19.1 Å². The van der Waals surface area contributed by atoms with Gasteiger partial charge in [0.25, 0.3) is 0 Å². The molecule has 17 heavy (non-hydrogen) atoms. The molecule has 0 saturated carbocycles. The van der Waals surface area contributed by atoms with E-state index in [0.717, 1.165) is 19.3 Å². The van der Waals surface area contributed by atoms with Crippen LogP contribution < -0.4 is 0 Å². The summed E-state index contributed by atoms with van der Waals surface area (Å²) in [5.41, 5.74) is 0. The third kappa shape index (κ3) is 17.5. The fourth-order valence-corrected chi connectivity index (χ4v) is 0.750. The van der Waals surface area contributed by atoms with Gasteiger partial charge in [-0.1, -0.05) is 34.1 Å². The number of esters is 2. The lowest BCUT2D eigenvalue weighted by atomic mass is 10.4. The molecule has 0 rings (SSSR count). The molecule has 0 atom stereocenters. The van der Waals surface area contributed by atoms with E-state index in [1.54, 1.807) is 13.8 Å². The van der Waals surface area contributed by atoms with E-state index in [-0.39, 0.29) is 11.9 Å². The third-order valence-electron chi connectivity index (χ3n) is 1.81. The minimum atomic E-state index is -0.105. The fraction of sp³-hybridized carbons (Fsp3) is 0.846. The van der Waals surface area contributed by atoms with Gasteiger partial charge in [0.15, 0.2) is 0 Å². The lowest BCUT2D eigenvalue weighted by molar-refractivity contribution is -0.144. The van der Waals surface area contributed by atoms with E-state index in [1.165, 1.54) is 0 Å². The molecule has 0 unspecified atom stereocenters. The van der Waals surface area contributed by atoms with Gasteiger partial charge < -0.3 is 9.47 Å². The minimum absolute atomic E-state index is 0.0940. The van der Waals surface area contributed by atoms with Gasteiger partial charge in [0.05, 0.1) is 13.2 Å². The predicted molar refractivity (Wildman–Crippen MR) is 67.7 cm³/mol. The highest BCUT2D eigenvalue weighted by atomic mass is 16.5. The molecule has 0 heterocycles. The summed E-state index contributed by atoms with van der Waals surface area (Å²) in [6, 6.07) is 0. The summed E-state index contributed by atoms with van der Waals surface area (Å²) in [5, 5.41) is 0. The maximum atomic E-state index is 10.5. The van der Waals surface area contributed by atoms with E-state index in [2.05, 4.69) is 6.92 Å². The molecule has 0 saturated heterocycles. The first-order valence-corrected chi connectivity index (χ1v) is 6.43. The number of carbonyl (C=O) groups excluding carboxylic acids is 2. The van der Waals surface area contributed by atoms with Crippen molar-refractivity contribution >= 4 is 11.9 Å². The van der Waals surface area contributed by atoms with Crippen molar-refractivity contribution in [3.05, 3.63) is 0 Å². The van der Waals surface area contributed by atoms with E-state index in [4.69, 9.17) is 9.47 Å². The van der Waals surface area contributed by atoms with Crippen molar-refractivity contribution in [1.29, 1.82) is 0 Å². The average molecular weight is 246 g/mol. The van der Waals surface area contributed by atoms with E-state index >= 15 is 0 Å². The molecular formula is C13H26O4. The Hall–Kier alpha value is -1.06. The molecule has 0 aliphatic heterocycles. The van der Waals surface area contributed by atoms with E-state index in [0.29, 0.717) is 26.1 Å². The maximum Gasteiger partial charge on any atom is 0.305 e. The van der Waals surface area contributed by atoms with Crippen LogP contribution in [0.3, 0.4) is 0 Å². The molecule has 0 aromatic carbocycles. The number of ether oxygens (including phenoxy) is 2. The Balaban J connectivity index is 0. The summed E-state index contributed by atoms with van der Waals surface area (Å²) in [7, 11) is 0. The second-order valence-electron chi connectivity index (χ2n) is 3.50. The molecule has 102 valence electrons. The van der Waals surface area contributed by atoms with Crippen LogP contribution in [0.25, 0.3) is 0 Å². The van der Waals surface area contributed by atoms with Crippen LogP contribution in [0.1, 0.15) is 59.8 Å². The second-order valence-corrected chi connectivity index (χ2v) is 3.50. The molecule has 4 heteroatoms. The zero-order valence-electron chi connectivity index (χ0n) is 11.6. The largest absolute Gasteiger partial charge is 0.466 e. The molecule has 0 amide bonds. The summed E-state index contributed by atoms with van der Waals surface area (Å²) < 4.78 is 9.49. The number of rotatable bonds is 7. The number of hydrogen-bond donors (Lipinski definition) is 0. The summed E-state index contributed by atoms with van der Waals surface area (Å²) >= 11 is 0. The van der Waals surface area contributed by atoms with Gasteiger partial charge in [-0.25, -0.2) is 0 Å². The second kappa shape index (κ2) is 14.9. The van der Waals surface area contributed by atoms with Crippen molar-refractivity contribution in [2.45, 2.75) is 59.8 Å². The molecule has 0 fully saturated rings. The Kier molecular flexibility index (Phi) is 16.1. The van der Waals surface area contributed by atoms with Gasteiger partial charge in [-0.2, -0.15) is 0 Å². The summed E-state index contributed by atoms with van der Waals surface area (Å²) in [5.74, 6) is -0.199. The molecule has 0 aromatic heterocycles. The van der Waals surface area contributed by atoms with Gasteiger partial charge in [0.2, 0.25) is 0 Å². The van der Waals surface area contributed by atoms with Gasteiger partial charge in [-0.3, -0.25) is 9.59 Å². The molecule has 0 bridgehead atoms. The Labute approximate surface area is 105 Å². The van der Waals surface area contributed by atoms with Crippen LogP contribution in [0.4, 0.5) is 0 Å². The first-order chi connectivity index (χ1) is 8.12. The van der Waals surface area contributed by atoms with Crippen LogP contribution in [0.5, 0.6) is 0 Å².